The maximum absolute atomic E-state index is 13.5. The molecule has 2 aromatic heterocycles. The highest BCUT2D eigenvalue weighted by Crippen LogP contribution is 2.63. The van der Waals surface area contributed by atoms with E-state index < -0.39 is 11.2 Å². The van der Waals surface area contributed by atoms with E-state index in [1.807, 2.05) is 146 Å². The van der Waals surface area contributed by atoms with Crippen LogP contribution in [0, 0.1) is 0 Å². The van der Waals surface area contributed by atoms with Crippen molar-refractivity contribution >= 4 is 66.4 Å². The maximum atomic E-state index is 13.5. The van der Waals surface area contributed by atoms with E-state index in [0.29, 0.717) is 0 Å². The van der Waals surface area contributed by atoms with E-state index in [0.717, 1.165) is 122 Å². The first-order valence-corrected chi connectivity index (χ1v) is 27.1. The van der Waals surface area contributed by atoms with Crippen molar-refractivity contribution in [3.05, 3.63) is 371 Å². The van der Waals surface area contributed by atoms with Gasteiger partial charge in [-0.3, -0.25) is 9.97 Å². The van der Waals surface area contributed by atoms with Crippen LogP contribution in [0.2, 0.25) is 0 Å². The molecule has 0 radical (unpaired) electrons. The lowest BCUT2D eigenvalue weighted by Gasteiger charge is -2.32. The van der Waals surface area contributed by atoms with Crippen molar-refractivity contribution in [2.45, 2.75) is 11.2 Å². The third-order valence-electron chi connectivity index (χ3n) is 15.5. The molecule has 0 unspecified atom stereocenters. The molecule has 12 aromatic rings. The number of aromatic nitrogens is 2. The fourth-order valence-corrected chi connectivity index (χ4v) is 12.2. The summed E-state index contributed by atoms with van der Waals surface area (Å²) in [4.78, 5) is 9.69. The van der Waals surface area contributed by atoms with Gasteiger partial charge in [-0.05, 0) is 78.9 Å². The lowest BCUT2D eigenvalue weighted by Crippen LogP contribution is -2.28. The van der Waals surface area contributed by atoms with Gasteiger partial charge in [0.1, 0.15) is 11.2 Å². The Morgan fingerprint density at radius 1 is 0.225 bits per heavy atom. The summed E-state index contributed by atoms with van der Waals surface area (Å²) < 4.78 is 0. The molecular weight excluding hydrogens is 973 g/mol. The highest BCUT2D eigenvalue weighted by atomic mass is 16.3. The zero-order chi connectivity index (χ0) is 53.9. The second-order valence-electron chi connectivity index (χ2n) is 20.1. The summed E-state index contributed by atoms with van der Waals surface area (Å²) in [5.41, 5.74) is 15.9. The molecule has 2 atom stereocenters. The Kier molecular flexibility index (Phi) is 13.2. The number of hydrogen-bond acceptors (Lipinski definition) is 4. The first-order chi connectivity index (χ1) is 39.5. The first kappa shape index (κ1) is 49.5. The largest absolute Gasteiger partial charge is 0.376 e. The minimum absolute atomic E-state index is 0.816. The van der Waals surface area contributed by atoms with Crippen LogP contribution in [0.15, 0.2) is 316 Å². The average molecular weight is 1030 g/mol. The number of pyridine rings is 2. The monoisotopic (exact) mass is 1030 g/mol. The van der Waals surface area contributed by atoms with Gasteiger partial charge in [0.2, 0.25) is 0 Å². The Morgan fingerprint density at radius 3 is 0.775 bits per heavy atom. The van der Waals surface area contributed by atoms with Crippen LogP contribution in [0.5, 0.6) is 0 Å². The van der Waals surface area contributed by atoms with E-state index >= 15 is 0 Å². The van der Waals surface area contributed by atoms with Gasteiger partial charge in [0, 0.05) is 56.6 Å². The minimum Gasteiger partial charge on any atom is -0.376 e. The topological polar surface area (TPSA) is 66.2 Å². The second-order valence-corrected chi connectivity index (χ2v) is 20.1. The molecule has 0 bridgehead atoms. The van der Waals surface area contributed by atoms with Gasteiger partial charge in [-0.25, -0.2) is 0 Å². The van der Waals surface area contributed by atoms with Crippen molar-refractivity contribution in [1.29, 1.82) is 0 Å². The number of para-hydroxylation sites is 2. The smallest absolute Gasteiger partial charge is 0.143 e. The first-order valence-electron chi connectivity index (χ1n) is 27.1. The van der Waals surface area contributed by atoms with Crippen molar-refractivity contribution in [2.24, 2.45) is 0 Å². The van der Waals surface area contributed by atoms with E-state index in [4.69, 9.17) is 9.97 Å². The summed E-state index contributed by atoms with van der Waals surface area (Å²) in [6.45, 7) is 0. The van der Waals surface area contributed by atoms with Crippen molar-refractivity contribution in [3.63, 3.8) is 0 Å². The number of allylic oxidation sites excluding steroid dienone is 4. The molecule has 2 heterocycles. The summed E-state index contributed by atoms with van der Waals surface area (Å²) >= 11 is 0. The van der Waals surface area contributed by atoms with Crippen LogP contribution in [-0.2, 0) is 11.2 Å². The van der Waals surface area contributed by atoms with Crippen LogP contribution in [0.4, 0.5) is 0 Å². The molecule has 4 nitrogen and oxygen atoms in total. The van der Waals surface area contributed by atoms with Crippen molar-refractivity contribution in [2.75, 3.05) is 0 Å². The third-order valence-corrected chi connectivity index (χ3v) is 15.5. The van der Waals surface area contributed by atoms with Gasteiger partial charge >= 0.3 is 0 Å². The predicted octanol–water partition coefficient (Wildman–Crippen LogP) is 17.3. The Labute approximate surface area is 466 Å². The fourth-order valence-electron chi connectivity index (χ4n) is 12.2. The molecule has 4 heteroatoms. The fraction of sp³-hybridized carbons (Fsp3) is 0.0263. The number of fused-ring (bicyclic) bond motifs is 2. The van der Waals surface area contributed by atoms with Crippen LogP contribution in [0.3, 0.4) is 0 Å². The van der Waals surface area contributed by atoms with E-state index in [-0.39, 0.29) is 0 Å². The number of hydrogen-bond donors (Lipinski definition) is 2. The van der Waals surface area contributed by atoms with Crippen LogP contribution < -0.4 is 0 Å². The lowest BCUT2D eigenvalue weighted by molar-refractivity contribution is 0.167. The van der Waals surface area contributed by atoms with Gasteiger partial charge in [-0.2, -0.15) is 0 Å². The Morgan fingerprint density at radius 2 is 0.475 bits per heavy atom. The molecular formula is C76H54N2O2. The molecule has 2 N–H and O–H groups in total. The normalized spacial score (nSPS) is 17.0. The van der Waals surface area contributed by atoms with Gasteiger partial charge in [0.05, 0.1) is 11.0 Å². The molecule has 2 aliphatic rings. The lowest BCUT2D eigenvalue weighted by atomic mass is 9.76. The number of aliphatic hydroxyl groups is 2. The minimum atomic E-state index is -1.45. The highest BCUT2D eigenvalue weighted by Gasteiger charge is 2.51. The van der Waals surface area contributed by atoms with Crippen molar-refractivity contribution in [3.8, 4) is 0 Å². The molecule has 80 heavy (non-hydrogen) atoms. The Hall–Kier alpha value is -10.1. The zero-order valence-electron chi connectivity index (χ0n) is 43.8. The second kappa shape index (κ2) is 21.4. The number of benzene rings is 10. The van der Waals surface area contributed by atoms with Gasteiger partial charge in [0.15, 0.2) is 0 Å². The molecule has 0 saturated carbocycles. The molecule has 10 aromatic carbocycles. The molecule has 0 aliphatic heterocycles. The van der Waals surface area contributed by atoms with Crippen molar-refractivity contribution in [1.82, 2.24) is 9.97 Å². The van der Waals surface area contributed by atoms with Crippen LogP contribution in [0.1, 0.15) is 55.6 Å². The average Bonchev–Trinajstić information content (AvgIpc) is 4.00. The van der Waals surface area contributed by atoms with Crippen molar-refractivity contribution < 1.29 is 10.2 Å². The molecule has 0 fully saturated rings. The van der Waals surface area contributed by atoms with Gasteiger partial charge in [-0.1, -0.05) is 291 Å². The van der Waals surface area contributed by atoms with Crippen LogP contribution >= 0.6 is 0 Å². The summed E-state index contributed by atoms with van der Waals surface area (Å²) in [5, 5.41) is 29.0. The maximum Gasteiger partial charge on any atom is 0.143 e. The molecule has 14 rings (SSSR count). The molecule has 2 aliphatic carbocycles. The predicted molar refractivity (Wildman–Crippen MR) is 330 cm³/mol. The summed E-state index contributed by atoms with van der Waals surface area (Å²) in [6.07, 6.45) is 3.66. The van der Waals surface area contributed by atoms with E-state index in [1.165, 1.54) is 0 Å². The third kappa shape index (κ3) is 8.61. The number of rotatable bonds is 10. The highest BCUT2D eigenvalue weighted by molar-refractivity contribution is 6.33. The summed E-state index contributed by atoms with van der Waals surface area (Å²) in [5.74, 6) is 0. The van der Waals surface area contributed by atoms with Crippen LogP contribution in [-0.4, -0.2) is 20.2 Å². The van der Waals surface area contributed by atoms with Gasteiger partial charge in [-0.15, -0.1) is 0 Å². The van der Waals surface area contributed by atoms with E-state index in [1.54, 1.807) is 0 Å². The Balaban J connectivity index is 0.000000151. The SMILES string of the molecule is O[C@]1(c2ccccc2)C(c2ccccc2)=C(c2ccccc2)C(c2ccccc2)=C1c1cccc2cccnc12.O[C@]1(c2ccccc2)C(c2ccccc2)=C(c2ccccc2)C(c2ccccc2)=C1c1cccc2cccnc12. The standard InChI is InChI=1S/2C38H27NO/c2*40-38(31-23-11-4-12-24-31)35(29-19-9-3-10-20-29)33(27-15-5-1-6-16-27)34(28-17-7-2-8-18-28)36(38)32-25-13-21-30-22-14-26-39-37(30)32/h2*1-26,40H/t2*38-/m11/s1. The molecule has 0 saturated heterocycles. The van der Waals surface area contributed by atoms with Crippen LogP contribution in [0.25, 0.3) is 66.4 Å². The summed E-state index contributed by atoms with van der Waals surface area (Å²) in [6, 6.07) is 103. The van der Waals surface area contributed by atoms with Gasteiger partial charge in [0.25, 0.3) is 0 Å². The zero-order valence-corrected chi connectivity index (χ0v) is 43.8. The van der Waals surface area contributed by atoms with Gasteiger partial charge < -0.3 is 10.2 Å². The quantitative estimate of drug-likeness (QED) is 0.143. The molecule has 0 amide bonds. The number of nitrogens with zero attached hydrogens (tertiary/aromatic N) is 2. The molecule has 0 spiro atoms. The van der Waals surface area contributed by atoms with E-state index in [9.17, 15) is 10.2 Å². The molecule has 380 valence electrons. The Bertz CT molecular complexity index is 4020. The van der Waals surface area contributed by atoms with E-state index in [2.05, 4.69) is 170 Å². The summed E-state index contributed by atoms with van der Waals surface area (Å²) in [7, 11) is 0.